The molecule has 0 bridgehead atoms. The molecule has 0 aliphatic heterocycles. The smallest absolute Gasteiger partial charge is 0.338 e. The van der Waals surface area contributed by atoms with Gasteiger partial charge in [-0.15, -0.1) is 0 Å². The van der Waals surface area contributed by atoms with Gasteiger partial charge >= 0.3 is 5.97 Å². The molecule has 5 nitrogen and oxygen atoms in total. The fourth-order valence-electron chi connectivity index (χ4n) is 2.64. The van der Waals surface area contributed by atoms with E-state index >= 15 is 0 Å². The monoisotopic (exact) mass is 370 g/mol. The number of ether oxygens (including phenoxy) is 1. The van der Waals surface area contributed by atoms with Crippen molar-refractivity contribution in [3.63, 3.8) is 0 Å². The highest BCUT2D eigenvalue weighted by atomic mass is 35.5. The van der Waals surface area contributed by atoms with Gasteiger partial charge in [-0.2, -0.15) is 0 Å². The van der Waals surface area contributed by atoms with Crippen LogP contribution in [-0.2, 0) is 16.1 Å². The third-order valence-electron chi connectivity index (χ3n) is 3.79. The first kappa shape index (κ1) is 18.0. The van der Waals surface area contributed by atoms with Crippen molar-refractivity contribution < 1.29 is 14.3 Å². The zero-order valence-electron chi connectivity index (χ0n) is 14.5. The second-order valence-corrected chi connectivity index (χ2v) is 6.66. The van der Waals surface area contributed by atoms with E-state index in [-0.39, 0.29) is 24.5 Å². The van der Waals surface area contributed by atoms with Gasteiger partial charge in [0.05, 0.1) is 11.7 Å². The van der Waals surface area contributed by atoms with Gasteiger partial charge in [0.2, 0.25) is 5.91 Å². The lowest BCUT2D eigenvalue weighted by atomic mass is 10.2. The van der Waals surface area contributed by atoms with Crippen LogP contribution in [0.4, 0.5) is 5.69 Å². The minimum Gasteiger partial charge on any atom is -0.459 e. The number of nitrogens with zero attached hydrogens (tertiary/aromatic N) is 1. The number of halogens is 1. The van der Waals surface area contributed by atoms with Crippen molar-refractivity contribution in [2.45, 2.75) is 26.5 Å². The number of carbonyl (C=O) groups is 2. The maximum Gasteiger partial charge on any atom is 0.338 e. The third-order valence-corrected chi connectivity index (χ3v) is 4.03. The minimum atomic E-state index is -0.379. The van der Waals surface area contributed by atoms with E-state index < -0.39 is 0 Å². The summed E-state index contributed by atoms with van der Waals surface area (Å²) >= 11 is 5.98. The minimum absolute atomic E-state index is 0.157. The summed E-state index contributed by atoms with van der Waals surface area (Å²) in [6.45, 7) is 3.78. The predicted molar refractivity (Wildman–Crippen MR) is 103 cm³/mol. The van der Waals surface area contributed by atoms with E-state index in [2.05, 4.69) is 5.32 Å². The summed E-state index contributed by atoms with van der Waals surface area (Å²) in [7, 11) is 0. The van der Waals surface area contributed by atoms with Crippen molar-refractivity contribution in [3.05, 3.63) is 65.3 Å². The highest BCUT2D eigenvalue weighted by Crippen LogP contribution is 2.20. The van der Waals surface area contributed by atoms with E-state index in [1.165, 1.54) is 0 Å². The van der Waals surface area contributed by atoms with Gasteiger partial charge < -0.3 is 14.6 Å². The summed E-state index contributed by atoms with van der Waals surface area (Å²) in [6, 6.07) is 14.1. The summed E-state index contributed by atoms with van der Waals surface area (Å²) in [6.07, 6.45) is 1.68. The Labute approximate surface area is 156 Å². The average Bonchev–Trinajstić information content (AvgIpc) is 2.96. The van der Waals surface area contributed by atoms with Gasteiger partial charge in [0.15, 0.2) is 0 Å². The van der Waals surface area contributed by atoms with Crippen LogP contribution in [0.2, 0.25) is 5.02 Å². The molecular weight excluding hydrogens is 352 g/mol. The van der Waals surface area contributed by atoms with Crippen LogP contribution >= 0.6 is 11.6 Å². The zero-order valence-corrected chi connectivity index (χ0v) is 15.3. The number of anilines is 1. The molecule has 0 spiro atoms. The molecule has 134 valence electrons. The van der Waals surface area contributed by atoms with Crippen LogP contribution in [0, 0.1) is 0 Å². The molecule has 6 heteroatoms. The Morgan fingerprint density at radius 2 is 1.85 bits per heavy atom. The molecule has 3 rings (SSSR count). The van der Waals surface area contributed by atoms with Gasteiger partial charge in [0.1, 0.15) is 6.54 Å². The van der Waals surface area contributed by atoms with Gasteiger partial charge in [0.25, 0.3) is 0 Å². The SMILES string of the molecule is CC(C)OC(=O)c1ccc(NC(=O)Cn2ccc3cc(Cl)ccc32)cc1. The van der Waals surface area contributed by atoms with Crippen molar-refractivity contribution in [1.82, 2.24) is 4.57 Å². The second-order valence-electron chi connectivity index (χ2n) is 6.23. The van der Waals surface area contributed by atoms with Crippen LogP contribution < -0.4 is 5.32 Å². The lowest BCUT2D eigenvalue weighted by molar-refractivity contribution is -0.116. The molecule has 1 heterocycles. The van der Waals surface area contributed by atoms with Gasteiger partial charge in [-0.25, -0.2) is 4.79 Å². The first-order valence-electron chi connectivity index (χ1n) is 8.27. The Balaban J connectivity index is 1.65. The van der Waals surface area contributed by atoms with E-state index in [1.54, 1.807) is 44.2 Å². The molecule has 26 heavy (non-hydrogen) atoms. The lowest BCUT2D eigenvalue weighted by Crippen LogP contribution is -2.18. The average molecular weight is 371 g/mol. The molecule has 0 atom stereocenters. The fourth-order valence-corrected chi connectivity index (χ4v) is 2.82. The van der Waals surface area contributed by atoms with E-state index in [1.807, 2.05) is 29.0 Å². The largest absolute Gasteiger partial charge is 0.459 e. The Hall–Kier alpha value is -2.79. The number of esters is 1. The van der Waals surface area contributed by atoms with Gasteiger partial charge in [-0.3, -0.25) is 4.79 Å². The normalized spacial score (nSPS) is 10.9. The second kappa shape index (κ2) is 7.62. The van der Waals surface area contributed by atoms with Gasteiger partial charge in [-0.1, -0.05) is 11.6 Å². The zero-order chi connectivity index (χ0) is 18.7. The number of aromatic nitrogens is 1. The van der Waals surface area contributed by atoms with E-state index in [9.17, 15) is 9.59 Å². The topological polar surface area (TPSA) is 60.3 Å². The summed E-state index contributed by atoms with van der Waals surface area (Å²) in [5, 5.41) is 4.47. The number of hydrogen-bond donors (Lipinski definition) is 1. The fraction of sp³-hybridized carbons (Fsp3) is 0.200. The molecule has 0 radical (unpaired) electrons. The Bertz CT molecular complexity index is 945. The number of nitrogens with one attached hydrogen (secondary N) is 1. The number of fused-ring (bicyclic) bond motifs is 1. The van der Waals surface area contributed by atoms with Crippen LogP contribution in [0.3, 0.4) is 0 Å². The standard InChI is InChI=1S/C20H19ClN2O3/c1-13(2)26-20(25)14-3-6-17(7-4-14)22-19(24)12-23-10-9-15-11-16(21)5-8-18(15)23/h3-11,13H,12H2,1-2H3,(H,22,24). The predicted octanol–water partition coefficient (Wildman–Crippen LogP) is 4.50. The number of carbonyl (C=O) groups excluding carboxylic acids is 2. The summed E-state index contributed by atoms with van der Waals surface area (Å²) in [5.74, 6) is -0.537. The summed E-state index contributed by atoms with van der Waals surface area (Å²) in [4.78, 5) is 24.1. The summed E-state index contributed by atoms with van der Waals surface area (Å²) in [5.41, 5.74) is 2.01. The number of benzene rings is 2. The summed E-state index contributed by atoms with van der Waals surface area (Å²) < 4.78 is 6.99. The number of amides is 1. The third kappa shape index (κ3) is 4.24. The molecule has 0 fully saturated rings. The van der Waals surface area contributed by atoms with Gasteiger partial charge in [0, 0.05) is 27.8 Å². The van der Waals surface area contributed by atoms with Crippen LogP contribution in [0.1, 0.15) is 24.2 Å². The molecule has 3 aromatic rings. The first-order valence-corrected chi connectivity index (χ1v) is 8.65. The first-order chi connectivity index (χ1) is 12.4. The van der Waals surface area contributed by atoms with Crippen LogP contribution in [0.15, 0.2) is 54.7 Å². The maximum atomic E-state index is 12.3. The molecule has 0 saturated heterocycles. The van der Waals surface area contributed by atoms with Crippen LogP contribution in [0.25, 0.3) is 10.9 Å². The number of rotatable bonds is 5. The van der Waals surface area contributed by atoms with Crippen molar-refractivity contribution in [2.75, 3.05) is 5.32 Å². The van der Waals surface area contributed by atoms with Crippen LogP contribution in [0.5, 0.6) is 0 Å². The molecule has 0 saturated carbocycles. The van der Waals surface area contributed by atoms with Gasteiger partial charge in [-0.05, 0) is 62.4 Å². The number of hydrogen-bond acceptors (Lipinski definition) is 3. The molecular formula is C20H19ClN2O3. The Morgan fingerprint density at radius 1 is 1.12 bits per heavy atom. The van der Waals surface area contributed by atoms with E-state index in [0.29, 0.717) is 16.3 Å². The lowest BCUT2D eigenvalue weighted by Gasteiger charge is -2.10. The van der Waals surface area contributed by atoms with Crippen LogP contribution in [-0.4, -0.2) is 22.5 Å². The van der Waals surface area contributed by atoms with E-state index in [4.69, 9.17) is 16.3 Å². The van der Waals surface area contributed by atoms with Crippen molar-refractivity contribution in [1.29, 1.82) is 0 Å². The molecule has 0 aliphatic rings. The van der Waals surface area contributed by atoms with E-state index in [0.717, 1.165) is 10.9 Å². The Kier molecular flexibility index (Phi) is 5.28. The van der Waals surface area contributed by atoms with Crippen molar-refractivity contribution >= 4 is 40.1 Å². The molecule has 0 aliphatic carbocycles. The molecule has 1 N–H and O–H groups in total. The highest BCUT2D eigenvalue weighted by molar-refractivity contribution is 6.31. The molecule has 1 amide bonds. The van der Waals surface area contributed by atoms with Crippen molar-refractivity contribution in [2.24, 2.45) is 0 Å². The van der Waals surface area contributed by atoms with Crippen molar-refractivity contribution in [3.8, 4) is 0 Å². The quantitative estimate of drug-likeness (QED) is 0.673. The molecule has 1 aromatic heterocycles. The Morgan fingerprint density at radius 3 is 2.54 bits per heavy atom. The highest BCUT2D eigenvalue weighted by Gasteiger charge is 2.10. The maximum absolute atomic E-state index is 12.3. The molecule has 0 unspecified atom stereocenters. The molecule has 2 aromatic carbocycles.